The van der Waals surface area contributed by atoms with Crippen LogP contribution in [0.1, 0.15) is 43.1 Å². The lowest BCUT2D eigenvalue weighted by molar-refractivity contribution is 0.0279. The molecule has 2 saturated heterocycles. The summed E-state index contributed by atoms with van der Waals surface area (Å²) < 4.78 is 1.99. The van der Waals surface area contributed by atoms with Crippen molar-refractivity contribution in [2.45, 2.75) is 57.3 Å². The van der Waals surface area contributed by atoms with Gasteiger partial charge in [-0.15, -0.1) is 0 Å². The molecule has 3 heterocycles. The van der Waals surface area contributed by atoms with Crippen LogP contribution in [0.15, 0.2) is 18.3 Å². The van der Waals surface area contributed by atoms with Crippen molar-refractivity contribution in [3.05, 3.63) is 24.0 Å². The fourth-order valence-electron chi connectivity index (χ4n) is 3.50. The standard InChI is InChI=1S/C14H20N2O2/c1-2-15-7-3-4-13(15)14(18)16-10-5-6-11(16)9-12(17)8-10/h3-4,7,10-12,17H,2,5-6,8-9H2,1H3. The maximum absolute atomic E-state index is 12.6. The number of fused-ring (bicyclic) bond motifs is 2. The smallest absolute Gasteiger partial charge is 0.270 e. The first-order valence-electron chi connectivity index (χ1n) is 6.86. The van der Waals surface area contributed by atoms with Crippen molar-refractivity contribution in [2.24, 2.45) is 0 Å². The molecule has 1 amide bonds. The Labute approximate surface area is 107 Å². The van der Waals surface area contributed by atoms with Crippen LogP contribution in [-0.2, 0) is 6.54 Å². The lowest BCUT2D eigenvalue weighted by Crippen LogP contribution is -2.48. The zero-order valence-electron chi connectivity index (χ0n) is 10.7. The Morgan fingerprint density at radius 3 is 2.67 bits per heavy atom. The molecule has 2 aliphatic heterocycles. The summed E-state index contributed by atoms with van der Waals surface area (Å²) in [4.78, 5) is 14.7. The summed E-state index contributed by atoms with van der Waals surface area (Å²) in [5.41, 5.74) is 0.783. The highest BCUT2D eigenvalue weighted by Gasteiger charge is 2.43. The summed E-state index contributed by atoms with van der Waals surface area (Å²) in [6, 6.07) is 4.31. The van der Waals surface area contributed by atoms with Gasteiger partial charge in [-0.3, -0.25) is 4.79 Å². The number of rotatable bonds is 2. The van der Waals surface area contributed by atoms with Crippen molar-refractivity contribution in [2.75, 3.05) is 0 Å². The van der Waals surface area contributed by atoms with Gasteiger partial charge in [0.25, 0.3) is 5.91 Å². The molecule has 0 spiro atoms. The molecule has 18 heavy (non-hydrogen) atoms. The van der Waals surface area contributed by atoms with Gasteiger partial charge in [0.2, 0.25) is 0 Å². The van der Waals surface area contributed by atoms with Crippen molar-refractivity contribution >= 4 is 5.91 Å². The molecule has 3 rings (SSSR count). The Balaban J connectivity index is 1.85. The van der Waals surface area contributed by atoms with Crippen LogP contribution in [0.2, 0.25) is 0 Å². The predicted molar refractivity (Wildman–Crippen MR) is 68.3 cm³/mol. The lowest BCUT2D eigenvalue weighted by Gasteiger charge is -2.37. The van der Waals surface area contributed by atoms with Crippen LogP contribution in [0.25, 0.3) is 0 Å². The van der Waals surface area contributed by atoms with Gasteiger partial charge in [-0.25, -0.2) is 0 Å². The van der Waals surface area contributed by atoms with E-state index in [2.05, 4.69) is 0 Å². The minimum absolute atomic E-state index is 0.140. The molecule has 0 saturated carbocycles. The molecule has 2 fully saturated rings. The number of aromatic nitrogens is 1. The SMILES string of the molecule is CCn1cccc1C(=O)N1C2CCC1CC(O)C2. The van der Waals surface area contributed by atoms with Gasteiger partial charge in [0.05, 0.1) is 6.10 Å². The van der Waals surface area contributed by atoms with Crippen LogP contribution >= 0.6 is 0 Å². The van der Waals surface area contributed by atoms with E-state index in [1.165, 1.54) is 0 Å². The third kappa shape index (κ3) is 1.75. The Bertz CT molecular complexity index is 440. The number of piperidine rings is 1. The molecule has 4 nitrogen and oxygen atoms in total. The Kier molecular flexibility index (Phi) is 2.90. The van der Waals surface area contributed by atoms with Gasteiger partial charge in [-0.2, -0.15) is 0 Å². The van der Waals surface area contributed by atoms with Crippen molar-refractivity contribution in [1.29, 1.82) is 0 Å². The Morgan fingerprint density at radius 1 is 1.39 bits per heavy atom. The maximum Gasteiger partial charge on any atom is 0.270 e. The summed E-state index contributed by atoms with van der Waals surface area (Å²) in [6.45, 7) is 2.87. The fourth-order valence-corrected chi connectivity index (χ4v) is 3.50. The molecule has 1 aromatic heterocycles. The molecule has 98 valence electrons. The molecule has 2 atom stereocenters. The molecule has 2 bridgehead atoms. The number of aliphatic hydroxyl groups is 1. The minimum atomic E-state index is -0.218. The van der Waals surface area contributed by atoms with Crippen LogP contribution in [-0.4, -0.2) is 38.7 Å². The van der Waals surface area contributed by atoms with Crippen molar-refractivity contribution in [3.63, 3.8) is 0 Å². The second kappa shape index (κ2) is 4.43. The topological polar surface area (TPSA) is 45.5 Å². The molecule has 4 heteroatoms. The Hall–Kier alpha value is -1.29. The maximum atomic E-state index is 12.6. The number of aliphatic hydroxyl groups excluding tert-OH is 1. The molecular weight excluding hydrogens is 228 g/mol. The monoisotopic (exact) mass is 248 g/mol. The average molecular weight is 248 g/mol. The van der Waals surface area contributed by atoms with Crippen LogP contribution in [0.5, 0.6) is 0 Å². The number of hydrogen-bond donors (Lipinski definition) is 1. The van der Waals surface area contributed by atoms with E-state index in [-0.39, 0.29) is 24.1 Å². The van der Waals surface area contributed by atoms with E-state index in [1.807, 2.05) is 34.7 Å². The predicted octanol–water partition coefficient (Wildman–Crippen LogP) is 1.64. The van der Waals surface area contributed by atoms with Gasteiger partial charge in [0, 0.05) is 24.8 Å². The molecule has 1 N–H and O–H groups in total. The largest absolute Gasteiger partial charge is 0.393 e. The highest BCUT2D eigenvalue weighted by molar-refractivity contribution is 5.93. The molecule has 0 aliphatic carbocycles. The van der Waals surface area contributed by atoms with Crippen molar-refractivity contribution < 1.29 is 9.90 Å². The lowest BCUT2D eigenvalue weighted by atomic mass is 9.99. The van der Waals surface area contributed by atoms with Gasteiger partial charge >= 0.3 is 0 Å². The Morgan fingerprint density at radius 2 is 2.06 bits per heavy atom. The van der Waals surface area contributed by atoms with Gasteiger partial charge in [-0.05, 0) is 44.7 Å². The number of amides is 1. The first-order chi connectivity index (χ1) is 8.70. The van der Waals surface area contributed by atoms with E-state index in [0.717, 1.165) is 37.9 Å². The molecular formula is C14H20N2O2. The zero-order valence-corrected chi connectivity index (χ0v) is 10.7. The van der Waals surface area contributed by atoms with Crippen LogP contribution in [0, 0.1) is 0 Å². The second-order valence-corrected chi connectivity index (χ2v) is 5.40. The summed E-state index contributed by atoms with van der Waals surface area (Å²) >= 11 is 0. The van der Waals surface area contributed by atoms with Crippen LogP contribution in [0.3, 0.4) is 0 Å². The van der Waals surface area contributed by atoms with Gasteiger partial charge < -0.3 is 14.6 Å². The van der Waals surface area contributed by atoms with E-state index in [9.17, 15) is 9.90 Å². The van der Waals surface area contributed by atoms with E-state index in [0.29, 0.717) is 0 Å². The van der Waals surface area contributed by atoms with Crippen molar-refractivity contribution in [1.82, 2.24) is 9.47 Å². The third-order valence-electron chi connectivity index (χ3n) is 4.33. The van der Waals surface area contributed by atoms with Gasteiger partial charge in [0.1, 0.15) is 5.69 Å². The van der Waals surface area contributed by atoms with Gasteiger partial charge in [0.15, 0.2) is 0 Å². The number of carbonyl (C=O) groups is 1. The highest BCUT2D eigenvalue weighted by atomic mass is 16.3. The second-order valence-electron chi connectivity index (χ2n) is 5.40. The fraction of sp³-hybridized carbons (Fsp3) is 0.643. The molecule has 2 unspecified atom stereocenters. The quantitative estimate of drug-likeness (QED) is 0.864. The van der Waals surface area contributed by atoms with E-state index < -0.39 is 0 Å². The summed E-state index contributed by atoms with van der Waals surface area (Å²) in [7, 11) is 0. The third-order valence-corrected chi connectivity index (χ3v) is 4.33. The van der Waals surface area contributed by atoms with Crippen molar-refractivity contribution in [3.8, 4) is 0 Å². The average Bonchev–Trinajstić information content (AvgIpc) is 2.92. The van der Waals surface area contributed by atoms with Crippen LogP contribution < -0.4 is 0 Å². The minimum Gasteiger partial charge on any atom is -0.393 e. The number of aryl methyl sites for hydroxylation is 1. The summed E-state index contributed by atoms with van der Waals surface area (Å²) in [5, 5.41) is 9.78. The zero-order chi connectivity index (χ0) is 12.7. The molecule has 2 aliphatic rings. The molecule has 0 radical (unpaired) electrons. The van der Waals surface area contributed by atoms with E-state index in [1.54, 1.807) is 0 Å². The summed E-state index contributed by atoms with van der Waals surface area (Å²) in [6.07, 6.45) is 5.31. The van der Waals surface area contributed by atoms with Gasteiger partial charge in [-0.1, -0.05) is 0 Å². The highest BCUT2D eigenvalue weighted by Crippen LogP contribution is 2.36. The van der Waals surface area contributed by atoms with Crippen LogP contribution in [0.4, 0.5) is 0 Å². The van der Waals surface area contributed by atoms with E-state index in [4.69, 9.17) is 0 Å². The molecule has 1 aromatic rings. The first-order valence-corrected chi connectivity index (χ1v) is 6.86. The number of nitrogens with zero attached hydrogens (tertiary/aromatic N) is 2. The number of hydrogen-bond acceptors (Lipinski definition) is 2. The number of carbonyl (C=O) groups excluding carboxylic acids is 1. The first kappa shape index (κ1) is 11.8. The molecule has 0 aromatic carbocycles. The normalized spacial score (nSPS) is 30.8. The van der Waals surface area contributed by atoms with E-state index >= 15 is 0 Å². The summed E-state index contributed by atoms with van der Waals surface area (Å²) in [5.74, 6) is 0.140.